The topological polar surface area (TPSA) is 16.3 Å². The number of aromatic nitrogens is 2. The van der Waals surface area contributed by atoms with E-state index in [1.807, 2.05) is 0 Å². The van der Waals surface area contributed by atoms with Crippen LogP contribution >= 0.6 is 0 Å². The second-order valence-corrected chi connectivity index (χ2v) is 50.1. The van der Waals surface area contributed by atoms with Gasteiger partial charge in [-0.1, -0.05) is 347 Å². The van der Waals surface area contributed by atoms with Crippen molar-refractivity contribution in [1.82, 2.24) is 9.13 Å². The molecule has 0 unspecified atom stereocenters. The van der Waals surface area contributed by atoms with Gasteiger partial charge < -0.3 is 18.9 Å². The average Bonchev–Trinajstić information content (AvgIpc) is 0.948. The minimum absolute atomic E-state index is 0.0331. The first-order valence-electron chi connectivity index (χ1n) is 48.0. The quantitative estimate of drug-likeness (QED) is 0.107. The summed E-state index contributed by atoms with van der Waals surface area (Å²) in [6.07, 6.45) is 4.56. The van der Waals surface area contributed by atoms with Gasteiger partial charge in [0.05, 0.1) is 33.4 Å². The van der Waals surface area contributed by atoms with Crippen LogP contribution in [0.25, 0.3) is 99.5 Å². The molecule has 0 fully saturated rings. The van der Waals surface area contributed by atoms with E-state index < -0.39 is 0 Å². The summed E-state index contributed by atoms with van der Waals surface area (Å²) < 4.78 is 5.23. The van der Waals surface area contributed by atoms with Crippen LogP contribution in [0, 0.1) is 34.0 Å². The molecule has 4 heterocycles. The first-order chi connectivity index (χ1) is 60.1. The van der Waals surface area contributed by atoms with Gasteiger partial charge in [0.2, 0.25) is 0 Å². The van der Waals surface area contributed by atoms with Gasteiger partial charge in [-0.05, 0) is 297 Å². The van der Waals surface area contributed by atoms with Gasteiger partial charge in [-0.25, -0.2) is 0 Å². The van der Waals surface area contributed by atoms with E-state index in [1.54, 1.807) is 0 Å². The number of hydrogen-bond donors (Lipinski definition) is 0. The third kappa shape index (κ3) is 17.9. The van der Waals surface area contributed by atoms with Gasteiger partial charge in [0, 0.05) is 77.9 Å². The standard InChI is InChI=1S/C124H143BN4/c1-77-36-32-40-83(56-77)94-60-81(75-118(11,12)13)61-95(84-41-33-37-78(57-84)72-115(2,3)4)113(94)128-108-70-92(126-104-52-44-87(120(17,18)19)64-98(104)99-65-88(121(20,21)22)45-53-105(99)126)48-50-102(108)125-103-51-49-93(127-106-54-46-89(122(23,24)25)66-100(106)101-67-90(123(26,27)28)47-55-107(101)127)71-109(103)129(111-69-91(124(29,30)31)68-110(128)112(111)125)114-96(85-42-34-38-79(58-85)73-116(5,6)7)62-82(76-119(14,15)16)63-97(114)86-43-35-39-80(59-86)74-117(8,9)10/h32-71H,72-76H2,1-31H3. The predicted octanol–water partition coefficient (Wildman–Crippen LogP) is 33.4. The number of benzene rings is 13. The first-order valence-corrected chi connectivity index (χ1v) is 48.0. The number of nitrogens with zero attached hydrogens (tertiary/aromatic N) is 4. The Morgan fingerprint density at radius 3 is 0.775 bits per heavy atom. The molecule has 2 aliphatic rings. The second-order valence-electron chi connectivity index (χ2n) is 50.1. The Bertz CT molecular complexity index is 6710. The molecule has 0 bridgehead atoms. The first kappa shape index (κ1) is 90.1. The molecular weight excluding hydrogens is 1560 g/mol. The number of hydrogen-bond acceptors (Lipinski definition) is 2. The number of rotatable bonds is 13. The van der Waals surface area contributed by atoms with Crippen molar-refractivity contribution in [2.75, 3.05) is 9.80 Å². The summed E-state index contributed by atoms with van der Waals surface area (Å²) in [6, 6.07) is 99.2. The number of fused-ring (bicyclic) bond motifs is 10. The van der Waals surface area contributed by atoms with E-state index in [0.717, 1.165) is 54.9 Å². The zero-order chi connectivity index (χ0) is 92.6. The van der Waals surface area contributed by atoms with Crippen LogP contribution in [0.15, 0.2) is 243 Å². The van der Waals surface area contributed by atoms with E-state index >= 15 is 0 Å². The van der Waals surface area contributed by atoms with Crippen LogP contribution in [-0.4, -0.2) is 15.8 Å². The van der Waals surface area contributed by atoms with Gasteiger partial charge in [-0.2, -0.15) is 0 Å². The Hall–Kier alpha value is -10.9. The van der Waals surface area contributed by atoms with Crippen molar-refractivity contribution in [3.63, 3.8) is 0 Å². The molecule has 4 nitrogen and oxygen atoms in total. The highest BCUT2D eigenvalue weighted by Crippen LogP contribution is 2.57. The van der Waals surface area contributed by atoms with E-state index in [9.17, 15) is 0 Å². The lowest BCUT2D eigenvalue weighted by Gasteiger charge is -2.46. The van der Waals surface area contributed by atoms with Crippen LogP contribution in [0.4, 0.5) is 34.1 Å². The summed E-state index contributed by atoms with van der Waals surface area (Å²) in [7, 11) is 0. The third-order valence-corrected chi connectivity index (χ3v) is 26.9. The summed E-state index contributed by atoms with van der Waals surface area (Å²) in [4.78, 5) is 5.69. The minimum atomic E-state index is -0.380. The fraction of sp³-hybridized carbons (Fsp3) is 0.371. The molecule has 0 atom stereocenters. The molecule has 0 aliphatic carbocycles. The smallest absolute Gasteiger partial charge is 0.252 e. The van der Waals surface area contributed by atoms with Gasteiger partial charge in [-0.15, -0.1) is 0 Å². The summed E-state index contributed by atoms with van der Waals surface area (Å²) in [6.45, 7) is 73.6. The molecule has 13 aromatic carbocycles. The molecule has 0 spiro atoms. The Morgan fingerprint density at radius 2 is 0.504 bits per heavy atom. The van der Waals surface area contributed by atoms with Crippen molar-refractivity contribution < 1.29 is 0 Å². The molecule has 0 amide bonds. The molecule has 5 heteroatoms. The Balaban J connectivity index is 1.10. The highest BCUT2D eigenvalue weighted by atomic mass is 15.2. The SMILES string of the molecule is Cc1cccc(-c2cc(CC(C)(C)C)cc(-c3cccc(CC(C)(C)C)c3)c2N2c3cc(-n4c5ccc(C(C)(C)C)cc5c5cc(C(C)(C)C)ccc54)ccc3B3c4ccc(-n5c6ccc(C(C)(C)C)cc6c6cc(C(C)(C)C)ccc65)cc4N(c4c(-c5cccc(CC(C)(C)C)c5)cc(CC(C)(C)C)cc4-c4cccc(CC(C)(C)C)c4)c4cc(C(C)(C)C)cc2c43)c1. The third-order valence-electron chi connectivity index (χ3n) is 26.9. The minimum Gasteiger partial charge on any atom is -0.310 e. The maximum absolute atomic E-state index is 2.85. The number of anilines is 6. The van der Waals surface area contributed by atoms with E-state index in [1.165, 1.54) is 188 Å². The monoisotopic (exact) mass is 1700 g/mol. The maximum atomic E-state index is 2.85. The molecule has 662 valence electrons. The fourth-order valence-corrected chi connectivity index (χ4v) is 21.0. The number of aryl methyl sites for hydroxylation is 1. The summed E-state index contributed by atoms with van der Waals surface area (Å²) in [5.41, 5.74) is 41.3. The summed E-state index contributed by atoms with van der Waals surface area (Å²) >= 11 is 0. The highest BCUT2D eigenvalue weighted by molar-refractivity contribution is 7.00. The molecule has 2 aliphatic heterocycles. The van der Waals surface area contributed by atoms with Crippen LogP contribution in [0.1, 0.15) is 269 Å². The molecule has 0 radical (unpaired) electrons. The Morgan fingerprint density at radius 1 is 0.233 bits per heavy atom. The highest BCUT2D eigenvalue weighted by Gasteiger charge is 2.47. The van der Waals surface area contributed by atoms with Crippen LogP contribution in [0.3, 0.4) is 0 Å². The second kappa shape index (κ2) is 31.7. The lowest BCUT2D eigenvalue weighted by Crippen LogP contribution is -2.61. The summed E-state index contributed by atoms with van der Waals surface area (Å²) in [5.74, 6) is 0. The van der Waals surface area contributed by atoms with E-state index in [4.69, 9.17) is 0 Å². The molecule has 15 aromatic rings. The Kier molecular flexibility index (Phi) is 22.2. The predicted molar refractivity (Wildman–Crippen MR) is 565 cm³/mol. The normalized spacial score (nSPS) is 13.8. The van der Waals surface area contributed by atoms with Crippen LogP contribution in [0.5, 0.6) is 0 Å². The van der Waals surface area contributed by atoms with Crippen molar-refractivity contribution in [3.8, 4) is 55.9 Å². The largest absolute Gasteiger partial charge is 0.310 e. The zero-order valence-corrected chi connectivity index (χ0v) is 84.0. The molecule has 2 aromatic heterocycles. The van der Waals surface area contributed by atoms with Gasteiger partial charge in [0.1, 0.15) is 0 Å². The van der Waals surface area contributed by atoms with E-state index in [0.29, 0.717) is 0 Å². The lowest BCUT2D eigenvalue weighted by molar-refractivity contribution is 0.411. The lowest BCUT2D eigenvalue weighted by atomic mass is 9.33. The van der Waals surface area contributed by atoms with Crippen molar-refractivity contribution in [2.24, 2.45) is 27.1 Å². The van der Waals surface area contributed by atoms with Crippen molar-refractivity contribution >= 4 is 101 Å². The molecule has 0 saturated carbocycles. The van der Waals surface area contributed by atoms with Gasteiger partial charge in [-0.3, -0.25) is 0 Å². The van der Waals surface area contributed by atoms with Gasteiger partial charge in [0.15, 0.2) is 0 Å². The van der Waals surface area contributed by atoms with Crippen molar-refractivity contribution in [2.45, 2.75) is 274 Å². The molecular formula is C124H143BN4. The Labute approximate surface area is 775 Å². The molecule has 17 rings (SSSR count). The molecule has 0 saturated heterocycles. The average molecular weight is 1700 g/mol. The summed E-state index contributed by atoms with van der Waals surface area (Å²) in [5, 5.41) is 5.09. The molecule has 129 heavy (non-hydrogen) atoms. The van der Waals surface area contributed by atoms with Crippen molar-refractivity contribution in [3.05, 3.63) is 304 Å². The van der Waals surface area contributed by atoms with Gasteiger partial charge >= 0.3 is 0 Å². The van der Waals surface area contributed by atoms with Crippen LogP contribution in [0.2, 0.25) is 0 Å². The van der Waals surface area contributed by atoms with E-state index in [2.05, 4.69) is 476 Å². The van der Waals surface area contributed by atoms with Crippen LogP contribution < -0.4 is 26.2 Å². The van der Waals surface area contributed by atoms with E-state index in [-0.39, 0.29) is 60.9 Å². The molecule has 0 N–H and O–H groups in total. The van der Waals surface area contributed by atoms with Crippen molar-refractivity contribution in [1.29, 1.82) is 0 Å². The fourth-order valence-electron chi connectivity index (χ4n) is 21.0. The van der Waals surface area contributed by atoms with Gasteiger partial charge in [0.25, 0.3) is 6.71 Å². The zero-order valence-electron chi connectivity index (χ0n) is 84.0. The maximum Gasteiger partial charge on any atom is 0.252 e. The van der Waals surface area contributed by atoms with Crippen LogP contribution in [-0.2, 0) is 59.2 Å².